The maximum absolute atomic E-state index is 9.61. The first-order chi connectivity index (χ1) is 33.6. The van der Waals surface area contributed by atoms with Gasteiger partial charge < -0.3 is 0 Å². The molecule has 0 unspecified atom stereocenters. The summed E-state index contributed by atoms with van der Waals surface area (Å²) in [6, 6.07) is 82.2. The van der Waals surface area contributed by atoms with Crippen LogP contribution in [0.1, 0.15) is 11.1 Å². The molecular formula is C62H38N6. The lowest BCUT2D eigenvalue weighted by Gasteiger charge is -2.16. The number of fused-ring (bicyclic) bond motifs is 1. The zero-order chi connectivity index (χ0) is 45.8. The molecule has 0 bridgehead atoms. The molecule has 11 rings (SSSR count). The topological polar surface area (TPSA) is 99.1 Å². The van der Waals surface area contributed by atoms with Crippen LogP contribution >= 0.6 is 0 Å². The first kappa shape index (κ1) is 41.1. The fourth-order valence-electron chi connectivity index (χ4n) is 8.85. The van der Waals surface area contributed by atoms with E-state index in [-0.39, 0.29) is 0 Å². The molecule has 6 nitrogen and oxygen atoms in total. The Balaban J connectivity index is 1.01. The van der Waals surface area contributed by atoms with Gasteiger partial charge >= 0.3 is 0 Å². The third kappa shape index (κ3) is 8.18. The van der Waals surface area contributed by atoms with Crippen LogP contribution in [-0.2, 0) is 0 Å². The normalized spacial score (nSPS) is 10.9. The van der Waals surface area contributed by atoms with E-state index in [9.17, 15) is 10.5 Å². The van der Waals surface area contributed by atoms with Gasteiger partial charge in [0.15, 0.2) is 11.6 Å². The maximum atomic E-state index is 9.61. The summed E-state index contributed by atoms with van der Waals surface area (Å²) in [6.45, 7) is 0. The van der Waals surface area contributed by atoms with E-state index >= 15 is 0 Å². The predicted molar refractivity (Wildman–Crippen MR) is 273 cm³/mol. The Labute approximate surface area is 394 Å². The van der Waals surface area contributed by atoms with Crippen molar-refractivity contribution in [3.8, 4) is 113 Å². The number of nitrogens with zero attached hydrogens (tertiary/aromatic N) is 6. The Hall–Kier alpha value is -9.62. The summed E-state index contributed by atoms with van der Waals surface area (Å²) in [7, 11) is 0. The minimum atomic E-state index is 0.612. The summed E-state index contributed by atoms with van der Waals surface area (Å²) >= 11 is 0. The van der Waals surface area contributed by atoms with Gasteiger partial charge in [-0.2, -0.15) is 10.5 Å². The van der Waals surface area contributed by atoms with Gasteiger partial charge in [0.1, 0.15) is 0 Å². The van der Waals surface area contributed by atoms with Crippen LogP contribution in [0, 0.1) is 22.7 Å². The van der Waals surface area contributed by atoms with Gasteiger partial charge in [-0.3, -0.25) is 0 Å². The first-order valence-corrected chi connectivity index (χ1v) is 22.3. The van der Waals surface area contributed by atoms with E-state index in [0.29, 0.717) is 22.8 Å². The van der Waals surface area contributed by atoms with Gasteiger partial charge in [0.05, 0.1) is 45.9 Å². The maximum Gasteiger partial charge on any atom is 0.160 e. The largest absolute Gasteiger partial charge is 0.228 e. The van der Waals surface area contributed by atoms with Crippen molar-refractivity contribution in [2.75, 3.05) is 0 Å². The smallest absolute Gasteiger partial charge is 0.160 e. The van der Waals surface area contributed by atoms with Crippen molar-refractivity contribution in [2.24, 2.45) is 0 Å². The molecule has 0 N–H and O–H groups in total. The monoisotopic (exact) mass is 866 g/mol. The van der Waals surface area contributed by atoms with E-state index in [2.05, 4.69) is 121 Å². The van der Waals surface area contributed by atoms with Crippen molar-refractivity contribution < 1.29 is 0 Å². The van der Waals surface area contributed by atoms with Crippen LogP contribution in [0.4, 0.5) is 0 Å². The average Bonchev–Trinajstić information content (AvgIpc) is 3.43. The molecule has 2 heterocycles. The van der Waals surface area contributed by atoms with Crippen molar-refractivity contribution in [3.63, 3.8) is 0 Å². The van der Waals surface area contributed by atoms with Gasteiger partial charge in [0.25, 0.3) is 0 Å². The van der Waals surface area contributed by atoms with Gasteiger partial charge in [0, 0.05) is 33.2 Å². The van der Waals surface area contributed by atoms with E-state index < -0.39 is 0 Å². The van der Waals surface area contributed by atoms with Crippen LogP contribution in [0.25, 0.3) is 112 Å². The highest BCUT2D eigenvalue weighted by Gasteiger charge is 2.19. The number of benzene rings is 9. The molecule has 11 aromatic rings. The molecule has 6 heteroatoms. The van der Waals surface area contributed by atoms with Crippen molar-refractivity contribution in [1.29, 1.82) is 10.5 Å². The number of nitriles is 2. The molecule has 0 saturated carbocycles. The fraction of sp³-hybridized carbons (Fsp3) is 0. The van der Waals surface area contributed by atoms with E-state index in [0.717, 1.165) is 100 Å². The Morgan fingerprint density at radius 1 is 0.279 bits per heavy atom. The third-order valence-electron chi connectivity index (χ3n) is 12.2. The van der Waals surface area contributed by atoms with E-state index in [1.807, 2.05) is 121 Å². The zero-order valence-corrected chi connectivity index (χ0v) is 36.6. The molecule has 0 fully saturated rings. The Kier molecular flexibility index (Phi) is 10.9. The number of para-hydroxylation sites is 1. The summed E-state index contributed by atoms with van der Waals surface area (Å²) in [5, 5.41) is 20.1. The van der Waals surface area contributed by atoms with Gasteiger partial charge in [-0.1, -0.05) is 176 Å². The Morgan fingerprint density at radius 3 is 1.43 bits per heavy atom. The highest BCUT2D eigenvalue weighted by Crippen LogP contribution is 2.41. The second-order valence-corrected chi connectivity index (χ2v) is 16.5. The van der Waals surface area contributed by atoms with Crippen LogP contribution < -0.4 is 0 Å². The molecule has 68 heavy (non-hydrogen) atoms. The number of hydrogen-bond donors (Lipinski definition) is 0. The molecule has 0 radical (unpaired) electrons. The second-order valence-electron chi connectivity index (χ2n) is 16.5. The molecule has 0 aliphatic rings. The van der Waals surface area contributed by atoms with Crippen LogP contribution in [0.3, 0.4) is 0 Å². The van der Waals surface area contributed by atoms with Gasteiger partial charge in [-0.25, -0.2) is 19.9 Å². The molecule has 0 spiro atoms. The minimum absolute atomic E-state index is 0.612. The quantitative estimate of drug-likeness (QED) is 0.143. The van der Waals surface area contributed by atoms with Gasteiger partial charge in [-0.05, 0) is 99.1 Å². The molecule has 2 aromatic heterocycles. The lowest BCUT2D eigenvalue weighted by atomic mass is 9.89. The number of aromatic nitrogens is 4. The number of rotatable bonds is 9. The molecule has 9 aromatic carbocycles. The predicted octanol–water partition coefficient (Wildman–Crippen LogP) is 15.2. The lowest BCUT2D eigenvalue weighted by Crippen LogP contribution is -1.98. The van der Waals surface area contributed by atoms with Gasteiger partial charge in [-0.15, -0.1) is 0 Å². The highest BCUT2D eigenvalue weighted by atomic mass is 14.9. The standard InChI is InChI=1S/C62H38N6/c63-39-41-15-10-19-44(33-41)46-21-12-24-49(35-46)58-38-59(67-61(66-58)43-17-2-1-3-18-43)55-30-7-6-29-54(55)53-28-5-4-27-52(53)48-23-14-25-50(37-48)60-56-31-8-9-32-57(56)65-62(68-60)51-26-13-22-47(36-51)45-20-11-16-42(34-45)40-64/h1-38H. The molecule has 0 atom stereocenters. The van der Waals surface area contributed by atoms with Crippen molar-refractivity contribution in [1.82, 2.24) is 19.9 Å². The van der Waals surface area contributed by atoms with E-state index in [1.54, 1.807) is 0 Å². The number of hydrogen-bond acceptors (Lipinski definition) is 6. The molecule has 0 aliphatic carbocycles. The molecule has 0 aliphatic heterocycles. The van der Waals surface area contributed by atoms with E-state index in [1.165, 1.54) is 0 Å². The lowest BCUT2D eigenvalue weighted by molar-refractivity contribution is 1.18. The van der Waals surface area contributed by atoms with Crippen LogP contribution in [-0.4, -0.2) is 19.9 Å². The van der Waals surface area contributed by atoms with Crippen molar-refractivity contribution in [3.05, 3.63) is 242 Å². The minimum Gasteiger partial charge on any atom is -0.228 e. The zero-order valence-electron chi connectivity index (χ0n) is 36.6. The summed E-state index contributed by atoms with van der Waals surface area (Å²) < 4.78 is 0. The molecule has 0 amide bonds. The van der Waals surface area contributed by atoms with E-state index in [4.69, 9.17) is 19.9 Å². The summed E-state index contributed by atoms with van der Waals surface area (Å²) in [6.07, 6.45) is 0. The second kappa shape index (κ2) is 18.1. The van der Waals surface area contributed by atoms with Crippen molar-refractivity contribution >= 4 is 10.9 Å². The summed E-state index contributed by atoms with van der Waals surface area (Å²) in [5.41, 5.74) is 17.3. The summed E-state index contributed by atoms with van der Waals surface area (Å²) in [5.74, 6) is 1.25. The summed E-state index contributed by atoms with van der Waals surface area (Å²) in [4.78, 5) is 20.8. The van der Waals surface area contributed by atoms with Crippen LogP contribution in [0.2, 0.25) is 0 Å². The average molecular weight is 867 g/mol. The molecular weight excluding hydrogens is 829 g/mol. The van der Waals surface area contributed by atoms with Gasteiger partial charge in [0.2, 0.25) is 0 Å². The highest BCUT2D eigenvalue weighted by molar-refractivity contribution is 5.96. The van der Waals surface area contributed by atoms with Crippen LogP contribution in [0.5, 0.6) is 0 Å². The Bertz CT molecular complexity index is 3790. The Morgan fingerprint density at radius 2 is 0.735 bits per heavy atom. The third-order valence-corrected chi connectivity index (χ3v) is 12.2. The first-order valence-electron chi connectivity index (χ1n) is 22.3. The van der Waals surface area contributed by atoms with Crippen molar-refractivity contribution in [2.45, 2.75) is 0 Å². The van der Waals surface area contributed by atoms with Crippen LogP contribution in [0.15, 0.2) is 231 Å². The molecule has 316 valence electrons. The fourth-order valence-corrected chi connectivity index (χ4v) is 8.85. The SMILES string of the molecule is N#Cc1cccc(-c2cccc(-c3cc(-c4ccccc4-c4ccccc4-c4cccc(-c5nc(-c6cccc(-c7cccc(C#N)c7)c6)nc6ccccc56)c4)nc(-c4ccccc4)n3)c2)c1. The molecule has 0 saturated heterocycles.